The van der Waals surface area contributed by atoms with Crippen molar-refractivity contribution in [2.75, 3.05) is 25.2 Å². The van der Waals surface area contributed by atoms with Crippen LogP contribution in [0, 0.1) is 15.9 Å². The predicted octanol–water partition coefficient (Wildman–Crippen LogP) is 3.81. The van der Waals surface area contributed by atoms with Gasteiger partial charge in [0.1, 0.15) is 11.4 Å². The van der Waals surface area contributed by atoms with Gasteiger partial charge in [0.15, 0.2) is 11.5 Å². The summed E-state index contributed by atoms with van der Waals surface area (Å²) in [7, 11) is 1.36. The van der Waals surface area contributed by atoms with Crippen LogP contribution in [-0.4, -0.2) is 31.1 Å². The zero-order valence-electron chi connectivity index (χ0n) is 14.7. The number of methoxy groups -OCH3 is 1. The lowest BCUT2D eigenvalue weighted by Gasteiger charge is -2.21. The van der Waals surface area contributed by atoms with E-state index in [1.165, 1.54) is 42.3 Å². The molecule has 0 aliphatic carbocycles. The number of benzene rings is 2. The number of carbonyl (C=O) groups is 1. The van der Waals surface area contributed by atoms with E-state index in [0.717, 1.165) is 6.07 Å². The molecular formula is C18H19FN2O5. The molecule has 7 nitrogen and oxygen atoms in total. The number of ether oxygens (including phenoxy) is 2. The zero-order valence-corrected chi connectivity index (χ0v) is 14.7. The molecule has 0 N–H and O–H groups in total. The molecule has 0 bridgehead atoms. The summed E-state index contributed by atoms with van der Waals surface area (Å²) >= 11 is 0. The van der Waals surface area contributed by atoms with E-state index in [1.54, 1.807) is 13.8 Å². The lowest BCUT2D eigenvalue weighted by Crippen LogP contribution is -2.31. The van der Waals surface area contributed by atoms with E-state index in [-0.39, 0.29) is 23.6 Å². The topological polar surface area (TPSA) is 81.9 Å². The van der Waals surface area contributed by atoms with Gasteiger partial charge in [-0.3, -0.25) is 14.9 Å². The van der Waals surface area contributed by atoms with Gasteiger partial charge in [-0.15, -0.1) is 0 Å². The second-order valence-electron chi connectivity index (χ2n) is 5.24. The Bertz CT molecular complexity index is 808. The second-order valence-corrected chi connectivity index (χ2v) is 5.24. The first-order chi connectivity index (χ1) is 12.4. The molecule has 0 unspecified atom stereocenters. The molecule has 0 atom stereocenters. The summed E-state index contributed by atoms with van der Waals surface area (Å²) in [6, 6.07) is 7.79. The Hall–Kier alpha value is -3.16. The van der Waals surface area contributed by atoms with Crippen molar-refractivity contribution in [3.63, 3.8) is 0 Å². The molecule has 0 saturated heterocycles. The van der Waals surface area contributed by atoms with Crippen molar-refractivity contribution in [1.82, 2.24) is 0 Å². The SMILES string of the molecule is CCOc1cc(C(=O)N(CC)c2ccc(F)cc2)c([N+](=O)[O-])cc1OC. The van der Waals surface area contributed by atoms with Crippen molar-refractivity contribution in [3.05, 3.63) is 57.9 Å². The summed E-state index contributed by atoms with van der Waals surface area (Å²) in [5.74, 6) is -0.625. The maximum absolute atomic E-state index is 13.1. The number of nitro benzene ring substituents is 1. The third-order valence-electron chi connectivity index (χ3n) is 3.71. The van der Waals surface area contributed by atoms with E-state index in [9.17, 15) is 19.3 Å². The van der Waals surface area contributed by atoms with Gasteiger partial charge < -0.3 is 14.4 Å². The summed E-state index contributed by atoms with van der Waals surface area (Å²) in [5.41, 5.74) is -0.0942. The molecule has 0 saturated carbocycles. The van der Waals surface area contributed by atoms with Crippen LogP contribution in [0.3, 0.4) is 0 Å². The first-order valence-electron chi connectivity index (χ1n) is 7.99. The minimum absolute atomic E-state index is 0.134. The average molecular weight is 362 g/mol. The van der Waals surface area contributed by atoms with Crippen LogP contribution in [0.5, 0.6) is 11.5 Å². The van der Waals surface area contributed by atoms with Gasteiger partial charge in [0.2, 0.25) is 0 Å². The van der Waals surface area contributed by atoms with E-state index in [0.29, 0.717) is 12.3 Å². The third kappa shape index (κ3) is 3.90. The molecule has 0 radical (unpaired) electrons. The van der Waals surface area contributed by atoms with E-state index >= 15 is 0 Å². The summed E-state index contributed by atoms with van der Waals surface area (Å²) in [5, 5.41) is 11.4. The molecule has 0 heterocycles. The number of rotatable bonds is 7. The van der Waals surface area contributed by atoms with Crippen LogP contribution < -0.4 is 14.4 Å². The highest BCUT2D eigenvalue weighted by molar-refractivity contribution is 6.09. The number of amides is 1. The minimum Gasteiger partial charge on any atom is -0.493 e. The molecule has 138 valence electrons. The highest BCUT2D eigenvalue weighted by atomic mass is 19.1. The summed E-state index contributed by atoms with van der Waals surface area (Å²) < 4.78 is 23.7. The highest BCUT2D eigenvalue weighted by Crippen LogP contribution is 2.36. The Morgan fingerprint density at radius 2 is 1.85 bits per heavy atom. The molecule has 0 aliphatic heterocycles. The lowest BCUT2D eigenvalue weighted by atomic mass is 10.1. The first-order valence-corrected chi connectivity index (χ1v) is 7.99. The summed E-state index contributed by atoms with van der Waals surface area (Å²) in [4.78, 5) is 25.1. The van der Waals surface area contributed by atoms with E-state index in [1.807, 2.05) is 0 Å². The van der Waals surface area contributed by atoms with Crippen LogP contribution >= 0.6 is 0 Å². The highest BCUT2D eigenvalue weighted by Gasteiger charge is 2.28. The van der Waals surface area contributed by atoms with Crippen LogP contribution in [0.25, 0.3) is 0 Å². The number of hydrogen-bond acceptors (Lipinski definition) is 5. The normalized spacial score (nSPS) is 10.3. The number of hydrogen-bond donors (Lipinski definition) is 0. The molecule has 26 heavy (non-hydrogen) atoms. The average Bonchev–Trinajstić information content (AvgIpc) is 2.63. The van der Waals surface area contributed by atoms with Crippen molar-refractivity contribution in [2.45, 2.75) is 13.8 Å². The second kappa shape index (κ2) is 8.28. The van der Waals surface area contributed by atoms with Crippen molar-refractivity contribution >= 4 is 17.3 Å². The molecule has 0 aromatic heterocycles. The summed E-state index contributed by atoms with van der Waals surface area (Å²) in [6.07, 6.45) is 0. The van der Waals surface area contributed by atoms with Crippen LogP contribution in [0.4, 0.5) is 15.8 Å². The molecule has 0 aliphatic rings. The van der Waals surface area contributed by atoms with Crippen molar-refractivity contribution in [3.8, 4) is 11.5 Å². The number of nitrogens with zero attached hydrogens (tertiary/aromatic N) is 2. The van der Waals surface area contributed by atoms with Gasteiger partial charge in [-0.1, -0.05) is 0 Å². The molecule has 0 fully saturated rings. The van der Waals surface area contributed by atoms with E-state index in [2.05, 4.69) is 0 Å². The molecule has 2 aromatic carbocycles. The lowest BCUT2D eigenvalue weighted by molar-refractivity contribution is -0.385. The van der Waals surface area contributed by atoms with Crippen LogP contribution in [0.1, 0.15) is 24.2 Å². The Morgan fingerprint density at radius 3 is 2.35 bits per heavy atom. The quantitative estimate of drug-likeness (QED) is 0.553. The standard InChI is InChI=1S/C18H19FN2O5/c1-4-20(13-8-6-12(19)7-9-13)18(22)14-10-17(26-5-2)16(25-3)11-15(14)21(23)24/h6-11H,4-5H2,1-3H3. The van der Waals surface area contributed by atoms with Crippen LogP contribution in [0.15, 0.2) is 36.4 Å². The van der Waals surface area contributed by atoms with Gasteiger partial charge in [0.25, 0.3) is 11.6 Å². The Labute approximate surface area is 150 Å². The number of halogens is 1. The molecule has 8 heteroatoms. The van der Waals surface area contributed by atoms with E-state index in [4.69, 9.17) is 9.47 Å². The summed E-state index contributed by atoms with van der Waals surface area (Å²) in [6.45, 7) is 4.02. The van der Waals surface area contributed by atoms with Gasteiger partial charge >= 0.3 is 0 Å². The fourth-order valence-corrected chi connectivity index (χ4v) is 2.51. The molecular weight excluding hydrogens is 343 g/mol. The largest absolute Gasteiger partial charge is 0.493 e. The monoisotopic (exact) mass is 362 g/mol. The van der Waals surface area contributed by atoms with Gasteiger partial charge in [-0.2, -0.15) is 0 Å². The Kier molecular flexibility index (Phi) is 6.11. The van der Waals surface area contributed by atoms with Gasteiger partial charge in [0, 0.05) is 18.3 Å². The first kappa shape index (κ1) is 19.2. The minimum atomic E-state index is -0.649. The van der Waals surface area contributed by atoms with Crippen molar-refractivity contribution in [2.24, 2.45) is 0 Å². The van der Waals surface area contributed by atoms with Gasteiger partial charge in [0.05, 0.1) is 24.7 Å². The number of anilines is 1. The Balaban J connectivity index is 2.55. The van der Waals surface area contributed by atoms with Crippen LogP contribution in [0.2, 0.25) is 0 Å². The zero-order chi connectivity index (χ0) is 19.3. The predicted molar refractivity (Wildman–Crippen MR) is 94.6 cm³/mol. The molecule has 2 rings (SSSR count). The Morgan fingerprint density at radius 1 is 1.19 bits per heavy atom. The molecule has 1 amide bonds. The fraction of sp³-hybridized carbons (Fsp3) is 0.278. The maximum Gasteiger partial charge on any atom is 0.286 e. The van der Waals surface area contributed by atoms with Crippen molar-refractivity contribution < 1.29 is 23.6 Å². The van der Waals surface area contributed by atoms with E-state index < -0.39 is 22.3 Å². The smallest absolute Gasteiger partial charge is 0.286 e. The van der Waals surface area contributed by atoms with Crippen LogP contribution in [-0.2, 0) is 0 Å². The van der Waals surface area contributed by atoms with Crippen molar-refractivity contribution in [1.29, 1.82) is 0 Å². The van der Waals surface area contributed by atoms with Gasteiger partial charge in [-0.05, 0) is 38.1 Å². The number of nitro groups is 1. The third-order valence-corrected chi connectivity index (χ3v) is 3.71. The molecule has 2 aromatic rings. The maximum atomic E-state index is 13.1. The fourth-order valence-electron chi connectivity index (χ4n) is 2.51. The molecule has 0 spiro atoms. The van der Waals surface area contributed by atoms with Gasteiger partial charge in [-0.25, -0.2) is 4.39 Å². The number of carbonyl (C=O) groups excluding carboxylic acids is 1.